The average Bonchev–Trinajstić information content (AvgIpc) is 2.93. The van der Waals surface area contributed by atoms with Crippen LogP contribution in [0.4, 0.5) is 13.2 Å². The van der Waals surface area contributed by atoms with Gasteiger partial charge in [0.1, 0.15) is 6.54 Å². The second-order valence-corrected chi connectivity index (χ2v) is 6.23. The van der Waals surface area contributed by atoms with Crippen molar-refractivity contribution in [2.24, 2.45) is 0 Å². The summed E-state index contributed by atoms with van der Waals surface area (Å²) in [6.07, 6.45) is 0.327. The monoisotopic (exact) mass is 398 g/mol. The van der Waals surface area contributed by atoms with E-state index in [2.05, 4.69) is 31.3 Å². The maximum absolute atomic E-state index is 12.3. The Morgan fingerprint density at radius 3 is 2.79 bits per heavy atom. The molecule has 0 fully saturated rings. The van der Waals surface area contributed by atoms with Crippen LogP contribution in [0.2, 0.25) is 0 Å². The van der Waals surface area contributed by atoms with Gasteiger partial charge in [0.25, 0.3) is 0 Å². The van der Waals surface area contributed by atoms with Crippen molar-refractivity contribution in [2.45, 2.75) is 25.8 Å². The lowest BCUT2D eigenvalue weighted by Gasteiger charge is -2.08. The molecule has 0 spiro atoms. The van der Waals surface area contributed by atoms with Crippen molar-refractivity contribution in [2.75, 3.05) is 0 Å². The molecule has 0 saturated carbocycles. The summed E-state index contributed by atoms with van der Waals surface area (Å²) >= 11 is 3.48. The van der Waals surface area contributed by atoms with Gasteiger partial charge in [-0.15, -0.1) is 0 Å². The Morgan fingerprint density at radius 1 is 1.17 bits per heavy atom. The van der Waals surface area contributed by atoms with E-state index >= 15 is 0 Å². The van der Waals surface area contributed by atoms with Gasteiger partial charge in [0.05, 0.1) is 11.7 Å². The van der Waals surface area contributed by atoms with Crippen LogP contribution >= 0.6 is 15.9 Å². The number of alkyl halides is 3. The highest BCUT2D eigenvalue weighted by atomic mass is 79.9. The van der Waals surface area contributed by atoms with Gasteiger partial charge in [-0.2, -0.15) is 18.3 Å². The van der Waals surface area contributed by atoms with E-state index in [9.17, 15) is 13.2 Å². The lowest BCUT2D eigenvalue weighted by Crippen LogP contribution is -2.18. The van der Waals surface area contributed by atoms with Gasteiger partial charge in [0.15, 0.2) is 0 Å². The SMILES string of the molecule is FC(F)(F)Cn1cc(CNCc2ccnc3c(Br)cccc23)cn1. The van der Waals surface area contributed by atoms with Crippen LogP contribution < -0.4 is 5.32 Å². The molecule has 24 heavy (non-hydrogen) atoms. The van der Waals surface area contributed by atoms with Gasteiger partial charge >= 0.3 is 6.18 Å². The number of hydrogen-bond donors (Lipinski definition) is 1. The third-order valence-electron chi connectivity index (χ3n) is 3.48. The molecule has 0 aliphatic heterocycles. The summed E-state index contributed by atoms with van der Waals surface area (Å²) in [7, 11) is 0. The van der Waals surface area contributed by atoms with Gasteiger partial charge in [-0.05, 0) is 33.6 Å². The zero-order valence-corrected chi connectivity index (χ0v) is 14.1. The van der Waals surface area contributed by atoms with Crippen molar-refractivity contribution in [3.8, 4) is 0 Å². The fourth-order valence-corrected chi connectivity index (χ4v) is 2.93. The van der Waals surface area contributed by atoms with Crippen LogP contribution in [0.15, 0.2) is 47.3 Å². The Morgan fingerprint density at radius 2 is 2.00 bits per heavy atom. The number of pyridine rings is 1. The van der Waals surface area contributed by atoms with Crippen LogP contribution in [-0.4, -0.2) is 20.9 Å². The molecule has 0 amide bonds. The smallest absolute Gasteiger partial charge is 0.308 e. The van der Waals surface area contributed by atoms with Crippen LogP contribution in [0.25, 0.3) is 10.9 Å². The average molecular weight is 399 g/mol. The van der Waals surface area contributed by atoms with E-state index in [1.165, 1.54) is 12.4 Å². The van der Waals surface area contributed by atoms with Gasteiger partial charge in [-0.1, -0.05) is 12.1 Å². The van der Waals surface area contributed by atoms with Crippen molar-refractivity contribution >= 4 is 26.8 Å². The molecule has 1 N–H and O–H groups in total. The summed E-state index contributed by atoms with van der Waals surface area (Å²) in [4.78, 5) is 4.35. The van der Waals surface area contributed by atoms with E-state index in [0.717, 1.165) is 25.6 Å². The van der Waals surface area contributed by atoms with Crippen molar-refractivity contribution in [1.29, 1.82) is 0 Å². The number of fused-ring (bicyclic) bond motifs is 1. The van der Waals surface area contributed by atoms with Gasteiger partial charge in [-0.25, -0.2) is 0 Å². The number of hydrogen-bond acceptors (Lipinski definition) is 3. The van der Waals surface area contributed by atoms with Crippen LogP contribution in [0.1, 0.15) is 11.1 Å². The summed E-state index contributed by atoms with van der Waals surface area (Å²) in [5.41, 5.74) is 2.66. The maximum Gasteiger partial charge on any atom is 0.408 e. The van der Waals surface area contributed by atoms with E-state index in [0.29, 0.717) is 18.7 Å². The molecule has 3 rings (SSSR count). The molecule has 0 atom stereocenters. The van der Waals surface area contributed by atoms with E-state index in [1.54, 1.807) is 6.20 Å². The second kappa shape index (κ2) is 6.90. The minimum atomic E-state index is -4.26. The molecule has 4 nitrogen and oxygen atoms in total. The first-order chi connectivity index (χ1) is 11.4. The van der Waals surface area contributed by atoms with Gasteiger partial charge in [0.2, 0.25) is 0 Å². The van der Waals surface area contributed by atoms with E-state index < -0.39 is 12.7 Å². The molecule has 2 aromatic heterocycles. The molecule has 0 radical (unpaired) electrons. The van der Waals surface area contributed by atoms with Crippen molar-refractivity contribution in [1.82, 2.24) is 20.1 Å². The molecule has 0 unspecified atom stereocenters. The number of benzene rings is 1. The molecule has 2 heterocycles. The Hall–Kier alpha value is -1.93. The van der Waals surface area contributed by atoms with Crippen LogP contribution in [0, 0.1) is 0 Å². The highest BCUT2D eigenvalue weighted by Crippen LogP contribution is 2.24. The highest BCUT2D eigenvalue weighted by Gasteiger charge is 2.28. The number of halogens is 4. The third kappa shape index (κ3) is 4.12. The molecule has 0 saturated heterocycles. The van der Waals surface area contributed by atoms with Gasteiger partial charge in [0, 0.05) is 40.9 Å². The molecule has 1 aromatic carbocycles. The van der Waals surface area contributed by atoms with Crippen molar-refractivity contribution in [3.63, 3.8) is 0 Å². The summed E-state index contributed by atoms with van der Waals surface area (Å²) in [5, 5.41) is 7.99. The Labute approximate surface area is 144 Å². The minimum Gasteiger partial charge on any atom is -0.308 e. The number of aromatic nitrogens is 3. The minimum absolute atomic E-state index is 0.440. The zero-order valence-electron chi connectivity index (χ0n) is 12.5. The van der Waals surface area contributed by atoms with Crippen molar-refractivity contribution < 1.29 is 13.2 Å². The predicted octanol–water partition coefficient (Wildman–Crippen LogP) is 4.05. The fraction of sp³-hybridized carbons (Fsp3) is 0.250. The number of nitrogens with zero attached hydrogens (tertiary/aromatic N) is 3. The molecular formula is C16H14BrF3N4. The maximum atomic E-state index is 12.3. The molecule has 0 aliphatic carbocycles. The van der Waals surface area contributed by atoms with E-state index in [4.69, 9.17) is 0 Å². The molecule has 8 heteroatoms. The fourth-order valence-electron chi connectivity index (χ4n) is 2.46. The predicted molar refractivity (Wildman–Crippen MR) is 88.3 cm³/mol. The standard InChI is InChI=1S/C16H14BrF3N4/c17-14-3-1-2-13-12(4-5-22-15(13)14)8-21-6-11-7-23-24(9-11)10-16(18,19)20/h1-5,7,9,21H,6,8,10H2. The Bertz CT molecular complexity index is 845. The second-order valence-electron chi connectivity index (χ2n) is 5.37. The zero-order chi connectivity index (χ0) is 17.2. The van der Waals surface area contributed by atoms with E-state index in [1.807, 2.05) is 24.3 Å². The largest absolute Gasteiger partial charge is 0.408 e. The lowest BCUT2D eigenvalue weighted by atomic mass is 10.1. The molecular weight excluding hydrogens is 385 g/mol. The molecule has 3 aromatic rings. The molecule has 0 aliphatic rings. The van der Waals surface area contributed by atoms with E-state index in [-0.39, 0.29) is 0 Å². The normalized spacial score (nSPS) is 12.0. The topological polar surface area (TPSA) is 42.7 Å². The Balaban J connectivity index is 1.64. The number of rotatable bonds is 5. The lowest BCUT2D eigenvalue weighted by molar-refractivity contribution is -0.142. The number of nitrogens with one attached hydrogen (secondary N) is 1. The first kappa shape index (κ1) is 16.9. The molecule has 126 valence electrons. The van der Waals surface area contributed by atoms with Gasteiger partial charge < -0.3 is 5.32 Å². The highest BCUT2D eigenvalue weighted by molar-refractivity contribution is 9.10. The third-order valence-corrected chi connectivity index (χ3v) is 4.12. The Kier molecular flexibility index (Phi) is 4.86. The summed E-state index contributed by atoms with van der Waals surface area (Å²) < 4.78 is 38.8. The van der Waals surface area contributed by atoms with Crippen LogP contribution in [0.5, 0.6) is 0 Å². The number of para-hydroxylation sites is 1. The molecule has 0 bridgehead atoms. The first-order valence-corrected chi connectivity index (χ1v) is 8.02. The van der Waals surface area contributed by atoms with Gasteiger partial charge in [-0.3, -0.25) is 9.67 Å². The van der Waals surface area contributed by atoms with Crippen LogP contribution in [-0.2, 0) is 19.6 Å². The summed E-state index contributed by atoms with van der Waals surface area (Å²) in [5.74, 6) is 0. The summed E-state index contributed by atoms with van der Waals surface area (Å²) in [6.45, 7) is -0.0500. The van der Waals surface area contributed by atoms with Crippen molar-refractivity contribution in [3.05, 3.63) is 58.5 Å². The first-order valence-electron chi connectivity index (χ1n) is 7.23. The van der Waals surface area contributed by atoms with Crippen LogP contribution in [0.3, 0.4) is 0 Å². The summed E-state index contributed by atoms with van der Waals surface area (Å²) in [6, 6.07) is 7.79. The quantitative estimate of drug-likeness (QED) is 0.704.